The molecular formula is C12H12N2. The summed E-state index contributed by atoms with van der Waals surface area (Å²) in [6.07, 6.45) is 12.0. The minimum atomic E-state index is 1.00. The van der Waals surface area contributed by atoms with E-state index in [0.717, 1.165) is 11.3 Å². The fraction of sp³-hybridized carbons (Fsp3) is 0.0833. The third-order valence-electron chi connectivity index (χ3n) is 2.05. The molecule has 0 bridgehead atoms. The van der Waals surface area contributed by atoms with Gasteiger partial charge >= 0.3 is 0 Å². The number of allylic oxidation sites excluding steroid dienone is 4. The third-order valence-corrected chi connectivity index (χ3v) is 2.05. The van der Waals surface area contributed by atoms with Crippen molar-refractivity contribution in [3.05, 3.63) is 60.7 Å². The summed E-state index contributed by atoms with van der Waals surface area (Å²) in [6.45, 7) is 0. The summed E-state index contributed by atoms with van der Waals surface area (Å²) in [4.78, 5) is 6.30. The lowest BCUT2D eigenvalue weighted by atomic mass is 10.1. The molecule has 0 atom stereocenters. The van der Waals surface area contributed by atoms with Crippen LogP contribution in [0.25, 0.3) is 5.57 Å². The van der Waals surface area contributed by atoms with Crippen LogP contribution in [-0.4, -0.2) is 16.9 Å². The first-order valence-corrected chi connectivity index (χ1v) is 4.56. The lowest BCUT2D eigenvalue weighted by Gasteiger charge is -2.03. The predicted molar refractivity (Wildman–Crippen MR) is 58.3 cm³/mol. The smallest absolute Gasteiger partial charge is 0.0702 e. The van der Waals surface area contributed by atoms with Crippen LogP contribution in [0.4, 0.5) is 0 Å². The Bertz CT molecular complexity index is 388. The topological polar surface area (TPSA) is 16.1 Å². The zero-order valence-corrected chi connectivity index (χ0v) is 8.09. The van der Waals surface area contributed by atoms with Crippen LogP contribution < -0.4 is 0 Å². The van der Waals surface area contributed by atoms with Crippen LogP contribution in [0.2, 0.25) is 0 Å². The maximum absolute atomic E-state index is 4.30. The second kappa shape index (κ2) is 3.92. The first kappa shape index (κ1) is 8.75. The van der Waals surface area contributed by atoms with Gasteiger partial charge in [0, 0.05) is 31.2 Å². The summed E-state index contributed by atoms with van der Waals surface area (Å²) in [7, 11) is 2.00. The zero-order chi connectivity index (χ0) is 9.80. The summed E-state index contributed by atoms with van der Waals surface area (Å²) in [5.74, 6) is 0. The second-order valence-electron chi connectivity index (χ2n) is 3.16. The molecule has 0 spiro atoms. The van der Waals surface area contributed by atoms with Gasteiger partial charge in [-0.15, -0.1) is 0 Å². The Balaban J connectivity index is 2.33. The van der Waals surface area contributed by atoms with Crippen LogP contribution in [-0.2, 0) is 0 Å². The van der Waals surface area contributed by atoms with Crippen molar-refractivity contribution in [2.45, 2.75) is 0 Å². The Morgan fingerprint density at radius 1 is 1.21 bits per heavy atom. The van der Waals surface area contributed by atoms with E-state index in [2.05, 4.69) is 17.1 Å². The second-order valence-corrected chi connectivity index (χ2v) is 3.16. The van der Waals surface area contributed by atoms with E-state index < -0.39 is 0 Å². The molecule has 14 heavy (non-hydrogen) atoms. The van der Waals surface area contributed by atoms with Gasteiger partial charge in [0.05, 0.1) is 5.69 Å². The molecule has 0 radical (unpaired) electrons. The minimum Gasteiger partial charge on any atom is -0.357 e. The Labute approximate surface area is 83.9 Å². The average molecular weight is 184 g/mol. The summed E-state index contributed by atoms with van der Waals surface area (Å²) >= 11 is 0. The van der Waals surface area contributed by atoms with Gasteiger partial charge in [0.15, 0.2) is 0 Å². The molecule has 0 unspecified atom stereocenters. The molecule has 1 aliphatic heterocycles. The molecule has 0 aromatic carbocycles. The van der Waals surface area contributed by atoms with E-state index in [1.807, 2.05) is 54.8 Å². The summed E-state index contributed by atoms with van der Waals surface area (Å²) < 4.78 is 0. The molecule has 2 heteroatoms. The van der Waals surface area contributed by atoms with Crippen molar-refractivity contribution < 1.29 is 0 Å². The van der Waals surface area contributed by atoms with E-state index in [0.29, 0.717) is 0 Å². The van der Waals surface area contributed by atoms with Crippen LogP contribution in [0, 0.1) is 0 Å². The van der Waals surface area contributed by atoms with Crippen LogP contribution >= 0.6 is 0 Å². The van der Waals surface area contributed by atoms with Crippen molar-refractivity contribution in [3.63, 3.8) is 0 Å². The van der Waals surface area contributed by atoms with Crippen molar-refractivity contribution in [1.29, 1.82) is 0 Å². The predicted octanol–water partition coefficient (Wildman–Crippen LogP) is 2.44. The van der Waals surface area contributed by atoms with Crippen LogP contribution in [0.5, 0.6) is 0 Å². The van der Waals surface area contributed by atoms with Crippen molar-refractivity contribution >= 4 is 5.57 Å². The average Bonchev–Trinajstić information content (AvgIpc) is 2.44. The third kappa shape index (κ3) is 1.91. The summed E-state index contributed by atoms with van der Waals surface area (Å²) in [5, 5.41) is 0. The van der Waals surface area contributed by atoms with Crippen molar-refractivity contribution in [2.75, 3.05) is 7.05 Å². The number of nitrogens with zero attached hydrogens (tertiary/aromatic N) is 2. The first-order chi connectivity index (χ1) is 6.86. The standard InChI is InChI=1S/C12H12N2/c1-14-9-4-5-11(7-10-14)12-6-2-3-8-13-12/h2-10H,1H3. The molecular weight excluding hydrogens is 172 g/mol. The molecule has 0 N–H and O–H groups in total. The van der Waals surface area contributed by atoms with Gasteiger partial charge in [0.1, 0.15) is 0 Å². The lowest BCUT2D eigenvalue weighted by Crippen LogP contribution is -1.97. The van der Waals surface area contributed by atoms with Crippen molar-refractivity contribution in [1.82, 2.24) is 9.88 Å². The highest BCUT2D eigenvalue weighted by Crippen LogP contribution is 2.15. The molecule has 0 amide bonds. The van der Waals surface area contributed by atoms with E-state index in [1.165, 1.54) is 0 Å². The number of hydrogen-bond acceptors (Lipinski definition) is 2. The Morgan fingerprint density at radius 2 is 2.14 bits per heavy atom. The van der Waals surface area contributed by atoms with E-state index in [4.69, 9.17) is 0 Å². The van der Waals surface area contributed by atoms with Gasteiger partial charge in [-0.1, -0.05) is 12.1 Å². The van der Waals surface area contributed by atoms with Crippen LogP contribution in [0.1, 0.15) is 5.69 Å². The highest BCUT2D eigenvalue weighted by Gasteiger charge is 1.99. The molecule has 0 saturated carbocycles. The Morgan fingerprint density at radius 3 is 2.93 bits per heavy atom. The van der Waals surface area contributed by atoms with E-state index in [1.54, 1.807) is 0 Å². The molecule has 1 aliphatic rings. The van der Waals surface area contributed by atoms with Gasteiger partial charge in [-0.05, 0) is 24.3 Å². The van der Waals surface area contributed by atoms with Gasteiger partial charge in [-0.25, -0.2) is 0 Å². The maximum atomic E-state index is 4.30. The van der Waals surface area contributed by atoms with Gasteiger partial charge in [0.2, 0.25) is 0 Å². The van der Waals surface area contributed by atoms with E-state index in [9.17, 15) is 0 Å². The normalized spacial score (nSPS) is 15.2. The molecule has 1 aromatic heterocycles. The number of pyridine rings is 1. The van der Waals surface area contributed by atoms with Crippen molar-refractivity contribution in [3.8, 4) is 0 Å². The zero-order valence-electron chi connectivity index (χ0n) is 8.09. The highest BCUT2D eigenvalue weighted by atomic mass is 15.0. The lowest BCUT2D eigenvalue weighted by molar-refractivity contribution is 0.627. The Hall–Kier alpha value is -1.83. The molecule has 0 fully saturated rings. The maximum Gasteiger partial charge on any atom is 0.0702 e. The molecule has 0 aliphatic carbocycles. The van der Waals surface area contributed by atoms with Gasteiger partial charge in [0.25, 0.3) is 0 Å². The summed E-state index contributed by atoms with van der Waals surface area (Å²) in [5.41, 5.74) is 2.13. The molecule has 2 nitrogen and oxygen atoms in total. The van der Waals surface area contributed by atoms with Gasteiger partial charge in [-0.2, -0.15) is 0 Å². The number of hydrogen-bond donors (Lipinski definition) is 0. The Kier molecular flexibility index (Phi) is 2.45. The fourth-order valence-corrected chi connectivity index (χ4v) is 1.29. The molecule has 70 valence electrons. The van der Waals surface area contributed by atoms with Gasteiger partial charge in [-0.3, -0.25) is 4.98 Å². The molecule has 2 rings (SSSR count). The van der Waals surface area contributed by atoms with Crippen LogP contribution in [0.3, 0.4) is 0 Å². The molecule has 1 aromatic rings. The van der Waals surface area contributed by atoms with Gasteiger partial charge < -0.3 is 4.90 Å². The largest absolute Gasteiger partial charge is 0.357 e. The van der Waals surface area contributed by atoms with Crippen LogP contribution in [0.15, 0.2) is 55.0 Å². The van der Waals surface area contributed by atoms with Crippen molar-refractivity contribution in [2.24, 2.45) is 0 Å². The quantitative estimate of drug-likeness (QED) is 0.666. The van der Waals surface area contributed by atoms with E-state index in [-0.39, 0.29) is 0 Å². The summed E-state index contributed by atoms with van der Waals surface area (Å²) in [6, 6.07) is 5.93. The van der Waals surface area contributed by atoms with E-state index >= 15 is 0 Å². The fourth-order valence-electron chi connectivity index (χ4n) is 1.29. The monoisotopic (exact) mass is 184 g/mol. The minimum absolute atomic E-state index is 1.00. The molecule has 2 heterocycles. The SMILES string of the molecule is CN1C=CC=C(c2ccccn2)C=C1. The first-order valence-electron chi connectivity index (χ1n) is 4.56. The number of aromatic nitrogens is 1. The molecule has 0 saturated heterocycles. The number of rotatable bonds is 1. The highest BCUT2D eigenvalue weighted by molar-refractivity contribution is 5.73.